The Morgan fingerprint density at radius 3 is 2.39 bits per heavy atom. The molecule has 0 aliphatic carbocycles. The highest BCUT2D eigenvalue weighted by Gasteiger charge is 2.35. The molecule has 2 aliphatic heterocycles. The second kappa shape index (κ2) is 7.20. The Bertz CT molecular complexity index is 920. The summed E-state index contributed by atoms with van der Waals surface area (Å²) in [7, 11) is 0. The van der Waals surface area contributed by atoms with Crippen LogP contribution in [0.1, 0.15) is 50.5 Å². The van der Waals surface area contributed by atoms with Crippen molar-refractivity contribution < 1.29 is 19.1 Å². The van der Waals surface area contributed by atoms with Crippen LogP contribution in [0.5, 0.6) is 0 Å². The first-order valence-electron chi connectivity index (χ1n) is 9.42. The van der Waals surface area contributed by atoms with Crippen LogP contribution in [0.3, 0.4) is 0 Å². The Kier molecular flexibility index (Phi) is 4.73. The van der Waals surface area contributed by atoms with Gasteiger partial charge in [0.2, 0.25) is 0 Å². The lowest BCUT2D eigenvalue weighted by molar-refractivity contribution is -0.0387. The SMILES string of the molecule is CC1CN(C(=O)c2cccc(CN3C(=O)c4ccccc4C3=O)c2)C(C)CO1. The van der Waals surface area contributed by atoms with E-state index in [0.717, 1.165) is 5.56 Å². The molecule has 28 heavy (non-hydrogen) atoms. The summed E-state index contributed by atoms with van der Waals surface area (Å²) in [6.45, 7) is 5.12. The third kappa shape index (κ3) is 3.20. The van der Waals surface area contributed by atoms with Crippen LogP contribution in [0.4, 0.5) is 0 Å². The van der Waals surface area contributed by atoms with Crippen molar-refractivity contribution in [3.05, 3.63) is 70.8 Å². The van der Waals surface area contributed by atoms with E-state index in [9.17, 15) is 14.4 Å². The second-order valence-electron chi connectivity index (χ2n) is 7.39. The number of hydrogen-bond acceptors (Lipinski definition) is 4. The number of benzene rings is 2. The van der Waals surface area contributed by atoms with Crippen LogP contribution in [0.15, 0.2) is 48.5 Å². The summed E-state index contributed by atoms with van der Waals surface area (Å²) >= 11 is 0. The van der Waals surface area contributed by atoms with Crippen molar-refractivity contribution in [1.29, 1.82) is 0 Å². The Morgan fingerprint density at radius 1 is 1.04 bits per heavy atom. The number of imide groups is 1. The zero-order valence-electron chi connectivity index (χ0n) is 15.9. The van der Waals surface area contributed by atoms with Crippen LogP contribution in [0.25, 0.3) is 0 Å². The molecule has 0 saturated carbocycles. The fourth-order valence-electron chi connectivity index (χ4n) is 3.72. The molecule has 0 radical (unpaired) electrons. The molecule has 0 spiro atoms. The summed E-state index contributed by atoms with van der Waals surface area (Å²) in [5, 5.41) is 0. The van der Waals surface area contributed by atoms with Crippen LogP contribution >= 0.6 is 0 Å². The number of hydrogen-bond donors (Lipinski definition) is 0. The number of amides is 3. The summed E-state index contributed by atoms with van der Waals surface area (Å²) in [4.78, 5) is 41.2. The topological polar surface area (TPSA) is 66.9 Å². The molecular weight excluding hydrogens is 356 g/mol. The molecule has 1 saturated heterocycles. The Morgan fingerprint density at radius 2 is 1.71 bits per heavy atom. The molecule has 6 nitrogen and oxygen atoms in total. The van der Waals surface area contributed by atoms with Gasteiger partial charge in [-0.25, -0.2) is 0 Å². The molecule has 0 N–H and O–H groups in total. The highest BCUT2D eigenvalue weighted by Crippen LogP contribution is 2.25. The number of fused-ring (bicyclic) bond motifs is 1. The molecule has 0 bridgehead atoms. The van der Waals surface area contributed by atoms with Gasteiger partial charge in [-0.05, 0) is 43.7 Å². The van der Waals surface area contributed by atoms with Crippen molar-refractivity contribution in [1.82, 2.24) is 9.80 Å². The number of ether oxygens (including phenoxy) is 1. The highest BCUT2D eigenvalue weighted by atomic mass is 16.5. The fourth-order valence-corrected chi connectivity index (χ4v) is 3.72. The summed E-state index contributed by atoms with van der Waals surface area (Å²) < 4.78 is 5.60. The Balaban J connectivity index is 1.54. The first-order chi connectivity index (χ1) is 13.5. The number of nitrogens with zero attached hydrogens (tertiary/aromatic N) is 2. The third-order valence-corrected chi connectivity index (χ3v) is 5.26. The molecular formula is C22H22N2O4. The predicted octanol–water partition coefficient (Wildman–Crippen LogP) is 2.73. The largest absolute Gasteiger partial charge is 0.375 e. The number of carbonyl (C=O) groups excluding carboxylic acids is 3. The standard InChI is InChI=1S/C22H22N2O4/c1-14-13-28-15(2)11-23(14)20(25)17-7-5-6-16(10-17)12-24-21(26)18-8-3-4-9-19(18)22(24)27/h3-10,14-15H,11-13H2,1-2H3. The maximum Gasteiger partial charge on any atom is 0.261 e. The minimum atomic E-state index is -0.298. The highest BCUT2D eigenvalue weighted by molar-refractivity contribution is 6.21. The smallest absolute Gasteiger partial charge is 0.261 e. The lowest BCUT2D eigenvalue weighted by Crippen LogP contribution is -2.50. The van der Waals surface area contributed by atoms with E-state index >= 15 is 0 Å². The van der Waals surface area contributed by atoms with E-state index < -0.39 is 0 Å². The van der Waals surface area contributed by atoms with Gasteiger partial charge in [0, 0.05) is 12.1 Å². The van der Waals surface area contributed by atoms with E-state index in [1.165, 1.54) is 4.90 Å². The molecule has 2 atom stereocenters. The fraction of sp³-hybridized carbons (Fsp3) is 0.318. The van der Waals surface area contributed by atoms with Gasteiger partial charge in [-0.2, -0.15) is 0 Å². The molecule has 144 valence electrons. The minimum Gasteiger partial charge on any atom is -0.375 e. The molecule has 2 aromatic rings. The monoisotopic (exact) mass is 378 g/mol. The third-order valence-electron chi connectivity index (χ3n) is 5.26. The van der Waals surface area contributed by atoms with Crippen molar-refractivity contribution in [3.63, 3.8) is 0 Å². The van der Waals surface area contributed by atoms with Crippen molar-refractivity contribution in [2.24, 2.45) is 0 Å². The van der Waals surface area contributed by atoms with E-state index in [4.69, 9.17) is 4.74 Å². The van der Waals surface area contributed by atoms with Crippen LogP contribution in [-0.4, -0.2) is 52.8 Å². The molecule has 2 aromatic carbocycles. The molecule has 2 heterocycles. The van der Waals surface area contributed by atoms with Gasteiger partial charge in [0.25, 0.3) is 17.7 Å². The van der Waals surface area contributed by atoms with Gasteiger partial charge < -0.3 is 9.64 Å². The van der Waals surface area contributed by atoms with Gasteiger partial charge >= 0.3 is 0 Å². The van der Waals surface area contributed by atoms with E-state index in [0.29, 0.717) is 29.8 Å². The second-order valence-corrected chi connectivity index (χ2v) is 7.39. The maximum absolute atomic E-state index is 13.0. The van der Waals surface area contributed by atoms with E-state index in [-0.39, 0.29) is 36.4 Å². The van der Waals surface area contributed by atoms with Gasteiger partial charge in [0.1, 0.15) is 0 Å². The Labute approximate surface area is 163 Å². The van der Waals surface area contributed by atoms with Gasteiger partial charge in [-0.3, -0.25) is 19.3 Å². The quantitative estimate of drug-likeness (QED) is 0.771. The Hall–Kier alpha value is -2.99. The van der Waals surface area contributed by atoms with E-state index in [2.05, 4.69) is 0 Å². The first-order valence-corrected chi connectivity index (χ1v) is 9.42. The minimum absolute atomic E-state index is 0.00156. The number of carbonyl (C=O) groups is 3. The summed E-state index contributed by atoms with van der Waals surface area (Å²) in [6, 6.07) is 14.0. The zero-order chi connectivity index (χ0) is 19.8. The molecule has 4 rings (SSSR count). The van der Waals surface area contributed by atoms with Crippen molar-refractivity contribution in [3.8, 4) is 0 Å². The first kappa shape index (κ1) is 18.4. The normalized spacial score (nSPS) is 21.8. The van der Waals surface area contributed by atoms with Crippen LogP contribution in [-0.2, 0) is 11.3 Å². The number of morpholine rings is 1. The summed E-state index contributed by atoms with van der Waals surface area (Å²) in [6.07, 6.45) is 0.00156. The van der Waals surface area contributed by atoms with E-state index in [1.807, 2.05) is 24.8 Å². The van der Waals surface area contributed by atoms with Crippen molar-refractivity contribution in [2.75, 3.05) is 13.2 Å². The lowest BCUT2D eigenvalue weighted by Gasteiger charge is -2.37. The molecule has 2 aliphatic rings. The molecule has 2 unspecified atom stereocenters. The zero-order valence-corrected chi connectivity index (χ0v) is 15.9. The van der Waals surface area contributed by atoms with Gasteiger partial charge in [-0.15, -0.1) is 0 Å². The van der Waals surface area contributed by atoms with Gasteiger partial charge in [-0.1, -0.05) is 24.3 Å². The van der Waals surface area contributed by atoms with Crippen LogP contribution < -0.4 is 0 Å². The summed E-state index contributed by atoms with van der Waals surface area (Å²) in [5.41, 5.74) is 2.15. The van der Waals surface area contributed by atoms with E-state index in [1.54, 1.807) is 42.5 Å². The molecule has 0 aromatic heterocycles. The molecule has 3 amide bonds. The van der Waals surface area contributed by atoms with Crippen LogP contribution in [0.2, 0.25) is 0 Å². The maximum atomic E-state index is 13.0. The summed E-state index contributed by atoms with van der Waals surface area (Å²) in [5.74, 6) is -0.659. The van der Waals surface area contributed by atoms with Crippen LogP contribution in [0, 0.1) is 0 Å². The average Bonchev–Trinajstić information content (AvgIpc) is 2.95. The average molecular weight is 378 g/mol. The predicted molar refractivity (Wildman–Crippen MR) is 103 cm³/mol. The van der Waals surface area contributed by atoms with Crippen molar-refractivity contribution in [2.45, 2.75) is 32.5 Å². The lowest BCUT2D eigenvalue weighted by atomic mass is 10.1. The van der Waals surface area contributed by atoms with Gasteiger partial charge in [0.05, 0.1) is 36.4 Å². The van der Waals surface area contributed by atoms with Crippen molar-refractivity contribution >= 4 is 17.7 Å². The molecule has 6 heteroatoms. The van der Waals surface area contributed by atoms with Gasteiger partial charge in [0.15, 0.2) is 0 Å². The molecule has 1 fully saturated rings. The number of rotatable bonds is 3.